The highest BCUT2D eigenvalue weighted by Gasteiger charge is 2.40. The maximum atomic E-state index is 13.7. The number of hydrogen-bond acceptors (Lipinski definition) is 10. The SMILES string of the molecule is Cc1ccc(C(OCc2cn(Cc3cccc(Cn4cc(CO)nn4)c3)nn2)C(C)(C)C(=O)O)cc1CN1C[C@@H](C)Oc2ccccc2S1(=O)=O. The van der Waals surface area contributed by atoms with Gasteiger partial charge in [0.2, 0.25) is 10.0 Å². The molecule has 0 bridgehead atoms. The molecule has 5 aromatic rings. The number of aryl methyl sites for hydroxylation is 1. The third-order valence-corrected chi connectivity index (χ3v) is 10.7. The number of nitrogens with zero attached hydrogens (tertiary/aromatic N) is 7. The van der Waals surface area contributed by atoms with Gasteiger partial charge in [0.05, 0.1) is 56.8 Å². The number of benzene rings is 3. The first-order valence-electron chi connectivity index (χ1n) is 16.5. The van der Waals surface area contributed by atoms with Crippen LogP contribution >= 0.6 is 0 Å². The Morgan fingerprint density at radius 1 is 0.961 bits per heavy atom. The molecular weight excluding hydrogens is 675 g/mol. The first-order chi connectivity index (χ1) is 24.3. The van der Waals surface area contributed by atoms with E-state index in [1.165, 1.54) is 4.31 Å². The fourth-order valence-electron chi connectivity index (χ4n) is 6.08. The van der Waals surface area contributed by atoms with Gasteiger partial charge in [-0.15, -0.1) is 10.2 Å². The number of aliphatic hydroxyl groups is 1. The summed E-state index contributed by atoms with van der Waals surface area (Å²) in [7, 11) is -3.88. The van der Waals surface area contributed by atoms with E-state index in [2.05, 4.69) is 20.6 Å². The Hall–Kier alpha value is -4.96. The molecule has 2 N–H and O–H groups in total. The van der Waals surface area contributed by atoms with Gasteiger partial charge in [-0.3, -0.25) is 4.79 Å². The number of aliphatic carboxylic acids is 1. The number of sulfonamides is 1. The Labute approximate surface area is 296 Å². The van der Waals surface area contributed by atoms with Crippen LogP contribution in [0, 0.1) is 12.3 Å². The fraction of sp³-hybridized carbons (Fsp3) is 0.361. The minimum atomic E-state index is -3.88. The molecule has 0 aliphatic carbocycles. The molecule has 268 valence electrons. The molecule has 1 aliphatic heterocycles. The molecule has 51 heavy (non-hydrogen) atoms. The maximum Gasteiger partial charge on any atom is 0.312 e. The fourth-order valence-corrected chi connectivity index (χ4v) is 7.69. The van der Waals surface area contributed by atoms with Crippen LogP contribution in [-0.4, -0.2) is 71.5 Å². The van der Waals surface area contributed by atoms with Gasteiger partial charge in [0.15, 0.2) is 0 Å². The van der Waals surface area contributed by atoms with Crippen molar-refractivity contribution in [2.24, 2.45) is 5.41 Å². The van der Waals surface area contributed by atoms with Crippen molar-refractivity contribution in [2.75, 3.05) is 6.54 Å². The van der Waals surface area contributed by atoms with Gasteiger partial charge in [-0.25, -0.2) is 17.8 Å². The normalized spacial score (nSPS) is 16.6. The molecule has 0 saturated heterocycles. The smallest absolute Gasteiger partial charge is 0.312 e. The Morgan fingerprint density at radius 3 is 2.29 bits per heavy atom. The van der Waals surface area contributed by atoms with E-state index in [-0.39, 0.29) is 37.3 Å². The van der Waals surface area contributed by atoms with E-state index in [0.29, 0.717) is 35.8 Å². The Kier molecular flexibility index (Phi) is 10.3. The van der Waals surface area contributed by atoms with Gasteiger partial charge in [-0.2, -0.15) is 4.31 Å². The van der Waals surface area contributed by atoms with Crippen LogP contribution in [0.4, 0.5) is 0 Å². The Bertz CT molecular complexity index is 2130. The number of fused-ring (bicyclic) bond motifs is 1. The maximum absolute atomic E-state index is 13.7. The molecule has 0 saturated carbocycles. The van der Waals surface area contributed by atoms with E-state index in [0.717, 1.165) is 22.3 Å². The van der Waals surface area contributed by atoms with Gasteiger partial charge < -0.3 is 19.7 Å². The van der Waals surface area contributed by atoms with Crippen molar-refractivity contribution in [1.29, 1.82) is 0 Å². The topological polar surface area (TPSA) is 175 Å². The lowest BCUT2D eigenvalue weighted by Gasteiger charge is -2.31. The van der Waals surface area contributed by atoms with Crippen molar-refractivity contribution in [3.63, 3.8) is 0 Å². The zero-order valence-corrected chi connectivity index (χ0v) is 29.7. The molecule has 15 heteroatoms. The van der Waals surface area contributed by atoms with Crippen molar-refractivity contribution in [3.8, 4) is 5.75 Å². The minimum absolute atomic E-state index is 0.00371. The van der Waals surface area contributed by atoms with Crippen molar-refractivity contribution < 1.29 is 32.9 Å². The number of hydrogen-bond donors (Lipinski definition) is 2. The lowest BCUT2D eigenvalue weighted by atomic mass is 9.81. The quantitative estimate of drug-likeness (QED) is 0.180. The van der Waals surface area contributed by atoms with Crippen molar-refractivity contribution in [1.82, 2.24) is 34.3 Å². The monoisotopic (exact) mass is 715 g/mol. The molecule has 0 fully saturated rings. The number of carboxylic acid groups (broad SMARTS) is 1. The van der Waals surface area contributed by atoms with Gasteiger partial charge in [0, 0.05) is 6.54 Å². The average molecular weight is 716 g/mol. The van der Waals surface area contributed by atoms with Gasteiger partial charge in [0.1, 0.15) is 28.1 Å². The standard InChI is InChI=1S/C36H41N7O7S/c1-24-12-13-28(15-29(24)19-43-16-25(2)50-32-10-5-6-11-33(32)51(43,47)48)34(36(3,4)35(45)46)49-23-31-21-42(40-38-31)18-27-9-7-8-26(14-27)17-41-20-30(22-44)37-39-41/h5-15,20-21,25,34,44H,16-19,22-23H2,1-4H3,(H,45,46)/t25-,34?/m1/s1. The summed E-state index contributed by atoms with van der Waals surface area (Å²) in [4.78, 5) is 12.6. The number of para-hydroxylation sites is 1. The summed E-state index contributed by atoms with van der Waals surface area (Å²) in [5.74, 6) is -0.726. The van der Waals surface area contributed by atoms with E-state index in [4.69, 9.17) is 9.47 Å². The van der Waals surface area contributed by atoms with Crippen LogP contribution in [0.25, 0.3) is 0 Å². The van der Waals surface area contributed by atoms with E-state index in [1.807, 2.05) is 56.3 Å². The number of carboxylic acids is 1. The summed E-state index contributed by atoms with van der Waals surface area (Å²) in [5, 5.41) is 36.0. The molecular formula is C36H41N7O7S. The predicted molar refractivity (Wildman–Crippen MR) is 185 cm³/mol. The molecule has 1 unspecified atom stereocenters. The largest absolute Gasteiger partial charge is 0.488 e. The molecule has 1 aliphatic rings. The van der Waals surface area contributed by atoms with E-state index >= 15 is 0 Å². The lowest BCUT2D eigenvalue weighted by Crippen LogP contribution is -2.36. The first kappa shape index (κ1) is 35.9. The summed E-state index contributed by atoms with van der Waals surface area (Å²) in [6.45, 7) is 7.90. The van der Waals surface area contributed by atoms with Crippen LogP contribution < -0.4 is 4.74 Å². The highest BCUT2D eigenvalue weighted by Crippen LogP contribution is 2.39. The Balaban J connectivity index is 1.19. The van der Waals surface area contributed by atoms with E-state index in [1.54, 1.807) is 59.9 Å². The molecule has 6 rings (SSSR count). The Morgan fingerprint density at radius 2 is 1.63 bits per heavy atom. The van der Waals surface area contributed by atoms with Gasteiger partial charge in [-0.05, 0) is 67.6 Å². The first-order valence-corrected chi connectivity index (χ1v) is 17.9. The second-order valence-electron chi connectivity index (χ2n) is 13.4. The van der Waals surface area contributed by atoms with E-state index < -0.39 is 27.5 Å². The summed E-state index contributed by atoms with van der Waals surface area (Å²) in [6.07, 6.45) is 2.17. The number of aromatic nitrogens is 6. The van der Waals surface area contributed by atoms with Crippen LogP contribution in [0.5, 0.6) is 5.75 Å². The minimum Gasteiger partial charge on any atom is -0.488 e. The van der Waals surface area contributed by atoms with Crippen LogP contribution in [0.3, 0.4) is 0 Å². The number of ether oxygens (including phenoxy) is 2. The van der Waals surface area contributed by atoms with Gasteiger partial charge in [0.25, 0.3) is 0 Å². The molecule has 0 spiro atoms. The second kappa shape index (κ2) is 14.7. The molecule has 3 aromatic carbocycles. The zero-order chi connectivity index (χ0) is 36.3. The van der Waals surface area contributed by atoms with Gasteiger partial charge >= 0.3 is 5.97 Å². The van der Waals surface area contributed by atoms with Crippen molar-refractivity contribution in [2.45, 2.75) is 77.6 Å². The van der Waals surface area contributed by atoms with Crippen LogP contribution in [0.2, 0.25) is 0 Å². The van der Waals surface area contributed by atoms with Crippen LogP contribution in [-0.2, 0) is 52.4 Å². The summed E-state index contributed by atoms with van der Waals surface area (Å²) >= 11 is 0. The average Bonchev–Trinajstić information content (AvgIpc) is 3.73. The number of aliphatic hydroxyl groups excluding tert-OH is 1. The third kappa shape index (κ3) is 8.01. The number of rotatable bonds is 13. The zero-order valence-electron chi connectivity index (χ0n) is 28.9. The summed E-state index contributed by atoms with van der Waals surface area (Å²) < 4.78 is 44.5. The third-order valence-electron chi connectivity index (χ3n) is 8.90. The molecule has 2 aromatic heterocycles. The highest BCUT2D eigenvalue weighted by atomic mass is 32.2. The van der Waals surface area contributed by atoms with Gasteiger partial charge in [-0.1, -0.05) is 65.0 Å². The molecule has 0 radical (unpaired) electrons. The van der Waals surface area contributed by atoms with Crippen LogP contribution in [0.1, 0.15) is 66.1 Å². The summed E-state index contributed by atoms with van der Waals surface area (Å²) in [6, 6.07) is 20.0. The van der Waals surface area contributed by atoms with E-state index in [9.17, 15) is 23.4 Å². The predicted octanol–water partition coefficient (Wildman–Crippen LogP) is 4.11. The highest BCUT2D eigenvalue weighted by molar-refractivity contribution is 7.89. The van der Waals surface area contributed by atoms with Crippen molar-refractivity contribution >= 4 is 16.0 Å². The molecule has 14 nitrogen and oxygen atoms in total. The van der Waals surface area contributed by atoms with Crippen molar-refractivity contribution in [3.05, 3.63) is 118 Å². The molecule has 3 heterocycles. The van der Waals surface area contributed by atoms with Crippen LogP contribution in [0.15, 0.2) is 84.0 Å². The molecule has 2 atom stereocenters. The number of carbonyl (C=O) groups is 1. The molecule has 0 amide bonds. The second-order valence-corrected chi connectivity index (χ2v) is 15.3. The lowest BCUT2D eigenvalue weighted by molar-refractivity contribution is -0.158. The summed E-state index contributed by atoms with van der Waals surface area (Å²) in [5.41, 5.74) is 3.85.